The second-order valence-corrected chi connectivity index (χ2v) is 9.89. The van der Waals surface area contributed by atoms with Crippen LogP contribution in [-0.4, -0.2) is 19.3 Å². The van der Waals surface area contributed by atoms with E-state index in [0.717, 1.165) is 34.9 Å². The molecule has 0 aliphatic heterocycles. The van der Waals surface area contributed by atoms with Crippen LogP contribution in [0.3, 0.4) is 0 Å². The molecule has 2 N–H and O–H groups in total. The molecule has 0 saturated heterocycles. The Morgan fingerprint density at radius 2 is 1.79 bits per heavy atom. The molecule has 0 spiro atoms. The topological polar surface area (TPSA) is 101 Å². The molecule has 4 rings (SSSR count). The lowest BCUT2D eigenvalue weighted by atomic mass is 10.1. The minimum Gasteiger partial charge on any atom is -0.466 e. The molecule has 0 unspecified atom stereocenters. The van der Waals surface area contributed by atoms with Gasteiger partial charge in [0.1, 0.15) is 17.3 Å². The minimum absolute atomic E-state index is 0.0454. The Kier molecular flexibility index (Phi) is 6.30. The highest BCUT2D eigenvalue weighted by Crippen LogP contribution is 2.29. The van der Waals surface area contributed by atoms with Crippen molar-refractivity contribution in [2.45, 2.75) is 25.2 Å². The van der Waals surface area contributed by atoms with Crippen molar-refractivity contribution in [3.63, 3.8) is 0 Å². The van der Waals surface area contributed by atoms with Gasteiger partial charge in [-0.3, -0.25) is 9.52 Å². The van der Waals surface area contributed by atoms with Gasteiger partial charge in [-0.05, 0) is 61.9 Å². The van der Waals surface area contributed by atoms with E-state index in [-0.39, 0.29) is 17.2 Å². The molecule has 0 fully saturated rings. The lowest BCUT2D eigenvalue weighted by Crippen LogP contribution is -2.15. The van der Waals surface area contributed by atoms with Crippen molar-refractivity contribution < 1.29 is 22.0 Å². The van der Waals surface area contributed by atoms with Gasteiger partial charge in [-0.1, -0.05) is 12.1 Å². The second-order valence-electron chi connectivity index (χ2n) is 7.35. The van der Waals surface area contributed by atoms with Crippen molar-refractivity contribution in [3.05, 3.63) is 82.9 Å². The van der Waals surface area contributed by atoms with Crippen molar-refractivity contribution in [1.29, 1.82) is 0 Å². The predicted octanol–water partition coefficient (Wildman–Crippen LogP) is 5.14. The summed E-state index contributed by atoms with van der Waals surface area (Å²) in [6.07, 6.45) is 0.101. The van der Waals surface area contributed by atoms with Crippen LogP contribution in [0.2, 0.25) is 0 Å². The fourth-order valence-corrected chi connectivity index (χ4v) is 4.99. The molecule has 4 aromatic rings. The van der Waals surface area contributed by atoms with Crippen LogP contribution in [0.25, 0.3) is 11.3 Å². The van der Waals surface area contributed by atoms with Crippen LogP contribution < -0.4 is 10.0 Å². The van der Waals surface area contributed by atoms with Gasteiger partial charge in [-0.25, -0.2) is 17.8 Å². The molecule has 0 bridgehead atoms. The molecule has 0 radical (unpaired) electrons. The third-order valence-corrected chi connectivity index (χ3v) is 6.92. The smallest absolute Gasteiger partial charge is 0.261 e. The molecule has 2 aromatic heterocycles. The Morgan fingerprint density at radius 3 is 2.42 bits per heavy atom. The number of rotatable bonds is 7. The summed E-state index contributed by atoms with van der Waals surface area (Å²) in [5.74, 6) is 0.809. The molecule has 2 heterocycles. The third-order valence-electron chi connectivity index (χ3n) is 4.76. The monoisotopic (exact) mass is 485 g/mol. The van der Waals surface area contributed by atoms with Crippen molar-refractivity contribution in [2.24, 2.45) is 0 Å². The molecular formula is C23H20FN3O4S2. The van der Waals surface area contributed by atoms with Crippen LogP contribution in [0.4, 0.5) is 15.2 Å². The summed E-state index contributed by atoms with van der Waals surface area (Å²) in [5, 5.41) is 5.12. The maximum Gasteiger partial charge on any atom is 0.261 e. The average Bonchev–Trinajstić information content (AvgIpc) is 3.34. The van der Waals surface area contributed by atoms with Gasteiger partial charge in [0.05, 0.1) is 17.0 Å². The quantitative estimate of drug-likeness (QED) is 0.377. The molecule has 170 valence electrons. The van der Waals surface area contributed by atoms with Crippen LogP contribution in [0.5, 0.6) is 0 Å². The molecule has 0 aliphatic carbocycles. The zero-order chi connectivity index (χ0) is 23.6. The van der Waals surface area contributed by atoms with Gasteiger partial charge in [-0.2, -0.15) is 0 Å². The van der Waals surface area contributed by atoms with Gasteiger partial charge in [0.15, 0.2) is 5.13 Å². The van der Waals surface area contributed by atoms with Crippen LogP contribution in [0.15, 0.2) is 69.3 Å². The molecule has 10 heteroatoms. The first-order valence-corrected chi connectivity index (χ1v) is 12.3. The molecule has 1 amide bonds. The number of anilines is 2. The zero-order valence-electron chi connectivity index (χ0n) is 17.8. The molecule has 2 aromatic carbocycles. The van der Waals surface area contributed by atoms with Crippen LogP contribution in [0.1, 0.15) is 17.1 Å². The number of carbonyl (C=O) groups excluding carboxylic acids is 1. The van der Waals surface area contributed by atoms with E-state index in [0.29, 0.717) is 16.4 Å². The van der Waals surface area contributed by atoms with Crippen LogP contribution in [-0.2, 0) is 21.2 Å². The number of thiazole rings is 1. The Balaban J connectivity index is 1.36. The number of furan rings is 1. The third kappa shape index (κ3) is 5.47. The molecule has 33 heavy (non-hydrogen) atoms. The van der Waals surface area contributed by atoms with E-state index < -0.39 is 15.8 Å². The second kappa shape index (κ2) is 9.16. The zero-order valence-corrected chi connectivity index (χ0v) is 19.4. The number of halogens is 1. The molecule has 7 nitrogen and oxygen atoms in total. The lowest BCUT2D eigenvalue weighted by Gasteiger charge is -2.09. The van der Waals surface area contributed by atoms with E-state index >= 15 is 0 Å². The number of amides is 1. The molecule has 0 saturated carbocycles. The number of hydrogen-bond donors (Lipinski definition) is 2. The fourth-order valence-electron chi connectivity index (χ4n) is 3.21. The van der Waals surface area contributed by atoms with Gasteiger partial charge in [0, 0.05) is 16.6 Å². The largest absolute Gasteiger partial charge is 0.466 e. The highest BCUT2D eigenvalue weighted by molar-refractivity contribution is 7.92. The maximum absolute atomic E-state index is 13.0. The van der Waals surface area contributed by atoms with Gasteiger partial charge < -0.3 is 9.73 Å². The summed E-state index contributed by atoms with van der Waals surface area (Å²) in [6.45, 7) is 3.73. The van der Waals surface area contributed by atoms with Crippen molar-refractivity contribution in [1.82, 2.24) is 4.98 Å². The number of nitrogens with one attached hydrogen (secondary N) is 2. The normalized spacial score (nSPS) is 11.4. The van der Waals surface area contributed by atoms with Gasteiger partial charge in [0.2, 0.25) is 5.91 Å². The first kappa shape index (κ1) is 22.7. The standard InChI is InChI=1S/C23H20FN3O4S2/c1-14-11-20(15(2)31-14)21-13-32-23(25-21)26-22(28)12-16-3-7-18(8-4-16)27-33(29,30)19-9-5-17(24)6-10-19/h3-11,13,27H,12H2,1-2H3,(H,25,26,28). The first-order valence-electron chi connectivity index (χ1n) is 9.90. The summed E-state index contributed by atoms with van der Waals surface area (Å²) in [7, 11) is -3.84. The highest BCUT2D eigenvalue weighted by atomic mass is 32.2. The summed E-state index contributed by atoms with van der Waals surface area (Å²) in [4.78, 5) is 16.8. The SMILES string of the molecule is Cc1cc(-c2csc(NC(=O)Cc3ccc(NS(=O)(=O)c4ccc(F)cc4)cc3)n2)c(C)o1. The van der Waals surface area contributed by atoms with Crippen LogP contribution in [0, 0.1) is 19.7 Å². The van der Waals surface area contributed by atoms with Crippen LogP contribution >= 0.6 is 11.3 Å². The summed E-state index contributed by atoms with van der Waals surface area (Å²) in [5.41, 5.74) is 2.67. The molecular weight excluding hydrogens is 465 g/mol. The van der Waals surface area contributed by atoms with Crippen molar-refractivity contribution in [3.8, 4) is 11.3 Å². The van der Waals surface area contributed by atoms with E-state index in [4.69, 9.17) is 4.42 Å². The number of carbonyl (C=O) groups is 1. The minimum atomic E-state index is -3.84. The Bertz CT molecular complexity index is 1390. The van der Waals surface area contributed by atoms with Gasteiger partial charge >= 0.3 is 0 Å². The fraction of sp³-hybridized carbons (Fsp3) is 0.130. The van der Waals surface area contributed by atoms with Gasteiger partial charge in [-0.15, -0.1) is 11.3 Å². The van der Waals surface area contributed by atoms with E-state index in [9.17, 15) is 17.6 Å². The number of aromatic nitrogens is 1. The predicted molar refractivity (Wildman–Crippen MR) is 125 cm³/mol. The van der Waals surface area contributed by atoms with E-state index in [1.165, 1.54) is 23.5 Å². The molecule has 0 aliphatic rings. The van der Waals surface area contributed by atoms with Crippen molar-refractivity contribution in [2.75, 3.05) is 10.0 Å². The Morgan fingerprint density at radius 1 is 1.09 bits per heavy atom. The Hall–Kier alpha value is -3.50. The number of nitrogens with zero attached hydrogens (tertiary/aromatic N) is 1. The van der Waals surface area contributed by atoms with Gasteiger partial charge in [0.25, 0.3) is 10.0 Å². The maximum atomic E-state index is 13.0. The summed E-state index contributed by atoms with van der Waals surface area (Å²) >= 11 is 1.32. The number of hydrogen-bond acceptors (Lipinski definition) is 6. The number of benzene rings is 2. The number of sulfonamides is 1. The average molecular weight is 486 g/mol. The van der Waals surface area contributed by atoms with E-state index in [2.05, 4.69) is 15.0 Å². The Labute approximate surface area is 194 Å². The van der Waals surface area contributed by atoms with E-state index in [1.807, 2.05) is 25.3 Å². The number of aryl methyl sites for hydroxylation is 2. The van der Waals surface area contributed by atoms with Crippen molar-refractivity contribution >= 4 is 38.1 Å². The summed E-state index contributed by atoms with van der Waals surface area (Å²) < 4.78 is 45.8. The first-order chi connectivity index (χ1) is 15.7. The summed E-state index contributed by atoms with van der Waals surface area (Å²) in [6, 6.07) is 12.9. The van der Waals surface area contributed by atoms with E-state index in [1.54, 1.807) is 24.3 Å². The lowest BCUT2D eigenvalue weighted by molar-refractivity contribution is -0.115. The molecule has 0 atom stereocenters. The highest BCUT2D eigenvalue weighted by Gasteiger charge is 2.15.